The zero-order valence-corrected chi connectivity index (χ0v) is 19.9. The van der Waals surface area contributed by atoms with Crippen molar-refractivity contribution in [3.05, 3.63) is 65.2 Å². The Kier molecular flexibility index (Phi) is 7.68. The molecule has 3 aromatic rings. The van der Waals surface area contributed by atoms with Gasteiger partial charge in [0.25, 0.3) is 5.91 Å². The van der Waals surface area contributed by atoms with Crippen LogP contribution in [-0.4, -0.2) is 34.9 Å². The fourth-order valence-corrected chi connectivity index (χ4v) is 4.08. The minimum atomic E-state index is -0.365. The number of aromatic nitrogens is 1. The summed E-state index contributed by atoms with van der Waals surface area (Å²) in [5.74, 6) is 1.14. The lowest BCUT2D eigenvalue weighted by Gasteiger charge is -2.07. The van der Waals surface area contributed by atoms with Crippen molar-refractivity contribution in [1.82, 2.24) is 4.98 Å². The number of carbonyl (C=O) groups excluding carboxylic acids is 1. The van der Waals surface area contributed by atoms with Gasteiger partial charge in [0.2, 0.25) is 0 Å². The zero-order chi connectivity index (χ0) is 23.9. The van der Waals surface area contributed by atoms with E-state index < -0.39 is 0 Å². The molecule has 0 bridgehead atoms. The normalized spacial score (nSPS) is 12.5. The second kappa shape index (κ2) is 11.1. The first-order chi connectivity index (χ1) is 16.6. The predicted octanol–water partition coefficient (Wildman–Crippen LogP) is 6.52. The molecule has 0 aliphatic carbocycles. The van der Waals surface area contributed by atoms with Gasteiger partial charge in [0.05, 0.1) is 35.7 Å². The van der Waals surface area contributed by atoms with Gasteiger partial charge in [-0.25, -0.2) is 4.99 Å². The molecular weight excluding hydrogens is 428 g/mol. The fourth-order valence-electron chi connectivity index (χ4n) is 4.08. The van der Waals surface area contributed by atoms with Gasteiger partial charge in [-0.1, -0.05) is 39.5 Å². The Morgan fingerprint density at radius 1 is 0.765 bits per heavy atom. The average molecular weight is 461 g/mol. The molecule has 6 nitrogen and oxygen atoms in total. The van der Waals surface area contributed by atoms with E-state index in [0.717, 1.165) is 61.2 Å². The van der Waals surface area contributed by atoms with Crippen LogP contribution in [0.3, 0.4) is 0 Å². The minimum Gasteiger partial charge on any atom is -0.494 e. The molecule has 0 saturated carbocycles. The quantitative estimate of drug-likeness (QED) is 0.302. The van der Waals surface area contributed by atoms with Crippen LogP contribution in [0.2, 0.25) is 0 Å². The van der Waals surface area contributed by atoms with Gasteiger partial charge in [-0.05, 0) is 66.9 Å². The number of benzene rings is 2. The number of rotatable bonds is 12. The van der Waals surface area contributed by atoms with Gasteiger partial charge in [-0.2, -0.15) is 0 Å². The predicted molar refractivity (Wildman–Crippen MR) is 134 cm³/mol. The number of hydrogen-bond acceptors (Lipinski definition) is 4. The van der Waals surface area contributed by atoms with E-state index in [2.05, 4.69) is 23.8 Å². The molecule has 4 rings (SSSR count). The maximum absolute atomic E-state index is 12.8. The van der Waals surface area contributed by atoms with Gasteiger partial charge in [-0.15, -0.1) is 0 Å². The van der Waals surface area contributed by atoms with Gasteiger partial charge in [-0.3, -0.25) is 4.79 Å². The highest BCUT2D eigenvalue weighted by Crippen LogP contribution is 2.38. The number of nitrogens with zero attached hydrogens (tertiary/aromatic N) is 1. The first kappa shape index (κ1) is 23.6. The second-order valence-corrected chi connectivity index (χ2v) is 8.52. The van der Waals surface area contributed by atoms with Crippen LogP contribution in [0.15, 0.2) is 53.5 Å². The number of hydrogen-bond donors (Lipinski definition) is 2. The van der Waals surface area contributed by atoms with E-state index in [0.29, 0.717) is 35.7 Å². The summed E-state index contributed by atoms with van der Waals surface area (Å²) < 4.78 is 11.6. The van der Waals surface area contributed by atoms with Gasteiger partial charge in [0.1, 0.15) is 11.5 Å². The number of aromatic hydroxyl groups is 1. The molecule has 1 aromatic heterocycles. The van der Waals surface area contributed by atoms with Crippen molar-refractivity contribution in [2.24, 2.45) is 4.99 Å². The zero-order valence-electron chi connectivity index (χ0n) is 19.9. The fraction of sp³-hybridized carbons (Fsp3) is 0.357. The Bertz CT molecular complexity index is 1140. The number of H-pyrrole nitrogens is 1. The van der Waals surface area contributed by atoms with Crippen LogP contribution in [0.25, 0.3) is 11.3 Å². The molecule has 0 saturated heterocycles. The number of nitrogens with one attached hydrogen (secondary N) is 1. The third kappa shape index (κ3) is 5.16. The van der Waals surface area contributed by atoms with Crippen molar-refractivity contribution in [3.63, 3.8) is 0 Å². The van der Waals surface area contributed by atoms with Gasteiger partial charge >= 0.3 is 0 Å². The van der Waals surface area contributed by atoms with E-state index in [1.165, 1.54) is 0 Å². The minimum absolute atomic E-state index is 0.0608. The lowest BCUT2D eigenvalue weighted by Crippen LogP contribution is -2.01. The Morgan fingerprint density at radius 3 is 1.82 bits per heavy atom. The van der Waals surface area contributed by atoms with Crippen molar-refractivity contribution >= 4 is 11.6 Å². The van der Waals surface area contributed by atoms with Crippen LogP contribution in [0.4, 0.5) is 0 Å². The molecule has 6 heteroatoms. The summed E-state index contributed by atoms with van der Waals surface area (Å²) in [6.45, 7) is 5.69. The Morgan fingerprint density at radius 2 is 1.29 bits per heavy atom. The number of aromatic amines is 1. The van der Waals surface area contributed by atoms with Gasteiger partial charge in [0.15, 0.2) is 5.88 Å². The molecule has 1 aliphatic heterocycles. The maximum atomic E-state index is 12.8. The van der Waals surface area contributed by atoms with E-state index in [-0.39, 0.29) is 11.8 Å². The van der Waals surface area contributed by atoms with Crippen LogP contribution in [0.5, 0.6) is 17.4 Å². The summed E-state index contributed by atoms with van der Waals surface area (Å²) in [4.78, 5) is 20.1. The summed E-state index contributed by atoms with van der Waals surface area (Å²) in [6, 6.07) is 15.0. The molecule has 1 aliphatic rings. The number of ether oxygens (including phenoxy) is 2. The largest absolute Gasteiger partial charge is 0.494 e. The number of fused-ring (bicyclic) bond motifs is 1. The monoisotopic (exact) mass is 460 g/mol. The molecule has 2 heterocycles. The molecule has 0 fully saturated rings. The van der Waals surface area contributed by atoms with Crippen molar-refractivity contribution < 1.29 is 19.4 Å². The van der Waals surface area contributed by atoms with Crippen molar-refractivity contribution in [2.45, 2.75) is 52.4 Å². The van der Waals surface area contributed by atoms with Crippen molar-refractivity contribution in [2.75, 3.05) is 13.2 Å². The molecule has 2 aromatic carbocycles. The smallest absolute Gasteiger partial charge is 0.280 e. The molecular formula is C28H32N2O4. The lowest BCUT2D eigenvalue weighted by molar-refractivity contribution is 0.101. The first-order valence-corrected chi connectivity index (χ1v) is 12.2. The van der Waals surface area contributed by atoms with Crippen LogP contribution in [0.1, 0.15) is 73.9 Å². The number of unbranched alkanes of at least 4 members (excludes halogenated alkanes) is 4. The molecule has 34 heavy (non-hydrogen) atoms. The first-order valence-electron chi connectivity index (χ1n) is 12.2. The van der Waals surface area contributed by atoms with E-state index in [1.807, 2.05) is 48.5 Å². The summed E-state index contributed by atoms with van der Waals surface area (Å²) in [5, 5.41) is 10.7. The van der Waals surface area contributed by atoms with E-state index in [9.17, 15) is 9.90 Å². The molecule has 178 valence electrons. The topological polar surface area (TPSA) is 83.9 Å². The Balaban J connectivity index is 1.51. The summed E-state index contributed by atoms with van der Waals surface area (Å²) in [6.07, 6.45) is 6.64. The SMILES string of the molecule is CCCCCOc1ccc(C2=NC(=O)c3c(-c4ccc(OCCCCC)cc4)[nH]c(O)c32)cc1. The summed E-state index contributed by atoms with van der Waals surface area (Å²) >= 11 is 0. The molecule has 1 amide bonds. The molecule has 0 spiro atoms. The number of amides is 1. The number of aliphatic imine (C=N–C) groups is 1. The van der Waals surface area contributed by atoms with Crippen LogP contribution < -0.4 is 9.47 Å². The number of carbonyl (C=O) groups is 1. The van der Waals surface area contributed by atoms with E-state index in [1.54, 1.807) is 0 Å². The maximum Gasteiger partial charge on any atom is 0.280 e. The molecule has 0 radical (unpaired) electrons. The van der Waals surface area contributed by atoms with Gasteiger partial charge in [0, 0.05) is 5.56 Å². The Labute approximate surface area is 200 Å². The highest BCUT2D eigenvalue weighted by molar-refractivity contribution is 6.30. The Hall–Kier alpha value is -3.54. The third-order valence-electron chi connectivity index (χ3n) is 5.95. The lowest BCUT2D eigenvalue weighted by atomic mass is 10.00. The van der Waals surface area contributed by atoms with E-state index in [4.69, 9.17) is 9.47 Å². The van der Waals surface area contributed by atoms with Gasteiger partial charge < -0.3 is 19.6 Å². The second-order valence-electron chi connectivity index (χ2n) is 8.52. The van der Waals surface area contributed by atoms with Crippen LogP contribution >= 0.6 is 0 Å². The molecule has 2 N–H and O–H groups in total. The summed E-state index contributed by atoms with van der Waals surface area (Å²) in [7, 11) is 0. The highest BCUT2D eigenvalue weighted by Gasteiger charge is 2.33. The van der Waals surface area contributed by atoms with Crippen molar-refractivity contribution in [1.29, 1.82) is 0 Å². The summed E-state index contributed by atoms with van der Waals surface area (Å²) in [5.41, 5.74) is 3.40. The highest BCUT2D eigenvalue weighted by atomic mass is 16.5. The molecule has 0 atom stereocenters. The van der Waals surface area contributed by atoms with Crippen LogP contribution in [0, 0.1) is 0 Å². The molecule has 0 unspecified atom stereocenters. The average Bonchev–Trinajstić information content (AvgIpc) is 3.38. The van der Waals surface area contributed by atoms with E-state index >= 15 is 0 Å². The van der Waals surface area contributed by atoms with Crippen molar-refractivity contribution in [3.8, 4) is 28.6 Å². The van der Waals surface area contributed by atoms with Crippen LogP contribution in [-0.2, 0) is 0 Å². The standard InChI is InChI=1S/C28H32N2O4/c1-3-5-7-17-33-21-13-9-19(10-14-21)25-23-24(28(32)29-25)26(30-27(23)31)20-11-15-22(16-12-20)34-18-8-6-4-2/h9-16,29,32H,3-8,17-18H2,1-2H3. The third-order valence-corrected chi connectivity index (χ3v) is 5.95.